The minimum absolute atomic E-state index is 0.0132. The first-order chi connectivity index (χ1) is 20.0. The Bertz CT molecular complexity index is 1360. The van der Waals surface area contributed by atoms with E-state index < -0.39 is 26.2 Å². The molecule has 5 rings (SSSR count). The Morgan fingerprint density at radius 3 is 1.62 bits per heavy atom. The number of allylic oxidation sites excluding steroid dienone is 4. The van der Waals surface area contributed by atoms with Gasteiger partial charge in [0, 0.05) is 5.92 Å². The van der Waals surface area contributed by atoms with Gasteiger partial charge in [0.05, 0.1) is 4.91 Å². The monoisotopic (exact) mass is 618 g/mol. The Morgan fingerprint density at radius 2 is 1.19 bits per heavy atom. The van der Waals surface area contributed by atoms with E-state index in [1.54, 1.807) is 13.0 Å². The van der Waals surface area contributed by atoms with Crippen molar-refractivity contribution in [2.75, 3.05) is 0 Å². The van der Waals surface area contributed by atoms with Gasteiger partial charge < -0.3 is 4.18 Å². The van der Waals surface area contributed by atoms with Gasteiger partial charge in [-0.25, -0.2) is 0 Å². The zero-order chi connectivity index (χ0) is 30.1. The number of rotatable bonds is 8. The molecule has 234 valence electrons. The molecule has 0 aromatic heterocycles. The van der Waals surface area contributed by atoms with Crippen LogP contribution in [0.5, 0.6) is 0 Å². The van der Waals surface area contributed by atoms with E-state index in [0.717, 1.165) is 62.5 Å². The van der Waals surface area contributed by atoms with Crippen molar-refractivity contribution in [3.63, 3.8) is 0 Å². The normalized spacial score (nSPS) is 24.2. The predicted molar refractivity (Wildman–Crippen MR) is 167 cm³/mol. The second kappa shape index (κ2) is 13.2. The van der Waals surface area contributed by atoms with Crippen molar-refractivity contribution < 1.29 is 25.6 Å². The second-order valence-electron chi connectivity index (χ2n) is 13.7. The molecule has 0 bridgehead atoms. The van der Waals surface area contributed by atoms with Gasteiger partial charge in [0.25, 0.3) is 10.1 Å². The lowest BCUT2D eigenvalue weighted by Crippen LogP contribution is -2.23. The van der Waals surface area contributed by atoms with Crippen molar-refractivity contribution in [3.8, 4) is 0 Å². The maximum absolute atomic E-state index is 14.6. The molecule has 0 amide bonds. The summed E-state index contributed by atoms with van der Waals surface area (Å²) in [7, 11) is -8.61. The van der Waals surface area contributed by atoms with Crippen LogP contribution < -0.4 is 0 Å². The summed E-state index contributed by atoms with van der Waals surface area (Å²) in [5, 5.41) is 0. The number of hydrogen-bond donors (Lipinski definition) is 1. The number of hydrogen-bond acceptors (Lipinski definition) is 5. The third-order valence-corrected chi connectivity index (χ3v) is 12.7. The van der Waals surface area contributed by atoms with E-state index in [1.165, 1.54) is 50.5 Å². The maximum atomic E-state index is 14.6. The molecule has 3 saturated carbocycles. The molecule has 0 radical (unpaired) electrons. The highest BCUT2D eigenvalue weighted by molar-refractivity contribution is 7.89. The van der Waals surface area contributed by atoms with Crippen LogP contribution in [0, 0.1) is 11.8 Å². The summed E-state index contributed by atoms with van der Waals surface area (Å²) in [4.78, 5) is 0.349. The Kier molecular flexibility index (Phi) is 9.95. The quantitative estimate of drug-likeness (QED) is 0.230. The average Bonchev–Trinajstić information content (AvgIpc) is 2.98. The highest BCUT2D eigenvalue weighted by Crippen LogP contribution is 2.47. The van der Waals surface area contributed by atoms with Crippen molar-refractivity contribution in [1.82, 2.24) is 0 Å². The van der Waals surface area contributed by atoms with Gasteiger partial charge in [0.1, 0.15) is 10.7 Å². The molecule has 42 heavy (non-hydrogen) atoms. The molecule has 4 aliphatic rings. The van der Waals surface area contributed by atoms with Gasteiger partial charge in [0.15, 0.2) is 0 Å². The van der Waals surface area contributed by atoms with Crippen LogP contribution in [0.2, 0.25) is 0 Å². The smallest absolute Gasteiger partial charge is 0.339 e. The Balaban J connectivity index is 1.65. The van der Waals surface area contributed by atoms with Crippen molar-refractivity contribution in [2.24, 2.45) is 11.8 Å². The first kappa shape index (κ1) is 31.8. The molecule has 1 aromatic carbocycles. The summed E-state index contributed by atoms with van der Waals surface area (Å²) < 4.78 is 69.5. The molecule has 1 unspecified atom stereocenters. The molecule has 0 aliphatic heterocycles. The zero-order valence-corrected chi connectivity index (χ0v) is 27.4. The predicted octanol–water partition coefficient (Wildman–Crippen LogP) is 9.26. The van der Waals surface area contributed by atoms with Crippen LogP contribution in [-0.2, 0) is 24.4 Å². The molecule has 3 fully saturated rings. The van der Waals surface area contributed by atoms with Crippen LogP contribution in [0.15, 0.2) is 39.3 Å². The SMILES string of the molecule is CC(C)C1=C(S(=O)(=O)O)CC(C)C(OS(=O)(=O)c2c(C3CCCCC3)cc(C3CCCCC3)cc2C2CCCCC2)=C1. The summed E-state index contributed by atoms with van der Waals surface area (Å²) in [5.41, 5.74) is 3.65. The van der Waals surface area contributed by atoms with Gasteiger partial charge in [-0.05, 0) is 97.0 Å². The minimum Gasteiger partial charge on any atom is -0.383 e. The maximum Gasteiger partial charge on any atom is 0.339 e. The molecule has 1 atom stereocenters. The number of benzene rings is 1. The lowest BCUT2D eigenvalue weighted by Gasteiger charge is -2.32. The molecule has 0 saturated heterocycles. The van der Waals surface area contributed by atoms with Gasteiger partial charge in [-0.15, -0.1) is 0 Å². The topological polar surface area (TPSA) is 97.7 Å². The Hall–Kier alpha value is -1.64. The Morgan fingerprint density at radius 1 is 0.738 bits per heavy atom. The molecule has 4 aliphatic carbocycles. The van der Waals surface area contributed by atoms with E-state index in [2.05, 4.69) is 12.1 Å². The lowest BCUT2D eigenvalue weighted by atomic mass is 9.76. The standard InChI is InChI=1S/C34H50O6S2/c1-23(2)29-22-32(24(3)19-33(29)41(35,36)37)40-42(38,39)34-30(26-15-9-5-10-16-26)20-28(25-13-7-4-8-14-25)21-31(34)27-17-11-6-12-18-27/h20-27H,4-19H2,1-3H3,(H,35,36,37). The van der Waals surface area contributed by atoms with Crippen molar-refractivity contribution >= 4 is 20.2 Å². The molecule has 0 spiro atoms. The molecule has 1 aromatic rings. The summed E-state index contributed by atoms with van der Waals surface area (Å²) in [6.07, 6.45) is 18.5. The first-order valence-corrected chi connectivity index (χ1v) is 19.3. The summed E-state index contributed by atoms with van der Waals surface area (Å²) in [6.45, 7) is 5.44. The fraction of sp³-hybridized carbons (Fsp3) is 0.706. The van der Waals surface area contributed by atoms with E-state index in [0.29, 0.717) is 16.4 Å². The van der Waals surface area contributed by atoms with E-state index in [9.17, 15) is 21.4 Å². The summed E-state index contributed by atoms with van der Waals surface area (Å²) >= 11 is 0. The van der Waals surface area contributed by atoms with Gasteiger partial charge in [-0.3, -0.25) is 4.55 Å². The fourth-order valence-electron chi connectivity index (χ4n) is 7.98. The van der Waals surface area contributed by atoms with Crippen LogP contribution in [0.4, 0.5) is 0 Å². The first-order valence-electron chi connectivity index (χ1n) is 16.5. The van der Waals surface area contributed by atoms with Gasteiger partial charge in [0.2, 0.25) is 0 Å². The molecular formula is C34H50O6S2. The van der Waals surface area contributed by atoms with Crippen molar-refractivity contribution in [3.05, 3.63) is 51.1 Å². The van der Waals surface area contributed by atoms with Gasteiger partial charge in [-0.1, -0.05) is 90.7 Å². The van der Waals surface area contributed by atoms with E-state index in [4.69, 9.17) is 4.18 Å². The van der Waals surface area contributed by atoms with E-state index >= 15 is 0 Å². The van der Waals surface area contributed by atoms with Gasteiger partial charge >= 0.3 is 10.1 Å². The van der Waals surface area contributed by atoms with Crippen LogP contribution in [0.3, 0.4) is 0 Å². The van der Waals surface area contributed by atoms with E-state index in [-0.39, 0.29) is 34.8 Å². The van der Waals surface area contributed by atoms with Crippen molar-refractivity contribution in [2.45, 2.75) is 146 Å². The largest absolute Gasteiger partial charge is 0.383 e. The summed E-state index contributed by atoms with van der Waals surface area (Å²) in [6, 6.07) is 4.48. The van der Waals surface area contributed by atoms with Crippen molar-refractivity contribution in [1.29, 1.82) is 0 Å². The zero-order valence-electron chi connectivity index (χ0n) is 25.7. The molecule has 0 heterocycles. The lowest BCUT2D eigenvalue weighted by molar-refractivity contribution is 0.343. The minimum atomic E-state index is -4.40. The molecule has 6 nitrogen and oxygen atoms in total. The van der Waals surface area contributed by atoms with E-state index in [1.807, 2.05) is 13.8 Å². The highest BCUT2D eigenvalue weighted by Gasteiger charge is 2.37. The van der Waals surface area contributed by atoms with Crippen LogP contribution >= 0.6 is 0 Å². The molecular weight excluding hydrogens is 569 g/mol. The van der Waals surface area contributed by atoms with Gasteiger partial charge in [-0.2, -0.15) is 16.8 Å². The van der Waals surface area contributed by atoms with Crippen LogP contribution in [-0.4, -0.2) is 21.4 Å². The van der Waals surface area contributed by atoms with Crippen LogP contribution in [0.1, 0.15) is 158 Å². The third-order valence-electron chi connectivity index (χ3n) is 10.3. The Labute approximate surface area is 254 Å². The molecule has 1 N–H and O–H groups in total. The molecule has 8 heteroatoms. The van der Waals surface area contributed by atoms with Crippen LogP contribution in [0.25, 0.3) is 0 Å². The third kappa shape index (κ3) is 7.02. The second-order valence-corrected chi connectivity index (χ2v) is 16.7. The summed E-state index contributed by atoms with van der Waals surface area (Å²) in [5.74, 6) is 0.422. The fourth-order valence-corrected chi connectivity index (χ4v) is 10.6. The highest BCUT2D eigenvalue weighted by atomic mass is 32.2. The average molecular weight is 619 g/mol.